The number of thiazole rings is 1. The van der Waals surface area contributed by atoms with E-state index in [1.165, 1.54) is 24.0 Å². The standard InChI is InChI=1S/C25H21Br2N3O3S/c26-17-6-8-22(31)16(11-17)13-28-29-25-30(19-4-2-1-3-5-19)21(14-34-25)20-12-15-10-18(27)7-9-23(15)33-24(20)32/h6-14,19,31H,1-5H2/b28-13-,29-25+. The van der Waals surface area contributed by atoms with Gasteiger partial charge in [0.05, 0.1) is 17.5 Å². The van der Waals surface area contributed by atoms with Crippen LogP contribution in [0.2, 0.25) is 0 Å². The topological polar surface area (TPSA) is 80.1 Å². The van der Waals surface area contributed by atoms with Crippen molar-refractivity contribution < 1.29 is 9.52 Å². The predicted molar refractivity (Wildman–Crippen MR) is 143 cm³/mol. The predicted octanol–water partition coefficient (Wildman–Crippen LogP) is 6.99. The lowest BCUT2D eigenvalue weighted by Crippen LogP contribution is -2.24. The first-order chi connectivity index (χ1) is 16.5. The normalized spacial score (nSPS) is 15.5. The van der Waals surface area contributed by atoms with E-state index in [9.17, 15) is 9.90 Å². The average Bonchev–Trinajstić information content (AvgIpc) is 3.25. The Morgan fingerprint density at radius 2 is 1.82 bits per heavy atom. The summed E-state index contributed by atoms with van der Waals surface area (Å²) >= 11 is 8.35. The van der Waals surface area contributed by atoms with Crippen LogP contribution in [0.25, 0.3) is 22.2 Å². The van der Waals surface area contributed by atoms with E-state index in [0.717, 1.165) is 45.7 Å². The van der Waals surface area contributed by atoms with Crippen molar-refractivity contribution in [3.8, 4) is 17.0 Å². The Balaban J connectivity index is 1.63. The molecule has 5 rings (SSSR count). The molecule has 0 spiro atoms. The smallest absolute Gasteiger partial charge is 0.345 e. The highest BCUT2D eigenvalue weighted by atomic mass is 79.9. The van der Waals surface area contributed by atoms with E-state index < -0.39 is 0 Å². The van der Waals surface area contributed by atoms with Gasteiger partial charge in [-0.3, -0.25) is 0 Å². The van der Waals surface area contributed by atoms with E-state index >= 15 is 0 Å². The Labute approximate surface area is 216 Å². The maximum Gasteiger partial charge on any atom is 0.345 e. The number of rotatable bonds is 4. The lowest BCUT2D eigenvalue weighted by Gasteiger charge is -2.25. The van der Waals surface area contributed by atoms with Gasteiger partial charge in [-0.15, -0.1) is 16.4 Å². The summed E-state index contributed by atoms with van der Waals surface area (Å²) in [5, 5.41) is 21.6. The van der Waals surface area contributed by atoms with Gasteiger partial charge in [0, 0.05) is 31.3 Å². The van der Waals surface area contributed by atoms with Crippen LogP contribution >= 0.6 is 43.2 Å². The summed E-state index contributed by atoms with van der Waals surface area (Å²) in [5.41, 5.74) is 2.07. The number of benzene rings is 2. The summed E-state index contributed by atoms with van der Waals surface area (Å²) in [4.78, 5) is 13.7. The number of fused-ring (bicyclic) bond motifs is 1. The van der Waals surface area contributed by atoms with Gasteiger partial charge < -0.3 is 14.1 Å². The molecule has 2 aromatic heterocycles. The molecule has 9 heteroatoms. The quantitative estimate of drug-likeness (QED) is 0.155. The molecule has 1 N–H and O–H groups in total. The second-order valence-electron chi connectivity index (χ2n) is 8.24. The molecule has 2 aromatic carbocycles. The molecule has 0 radical (unpaired) electrons. The zero-order chi connectivity index (χ0) is 23.7. The molecule has 1 saturated carbocycles. The first-order valence-corrected chi connectivity index (χ1v) is 13.5. The van der Waals surface area contributed by atoms with E-state index in [4.69, 9.17) is 4.42 Å². The summed E-state index contributed by atoms with van der Waals surface area (Å²) in [5.74, 6) is 0.133. The molecule has 1 aliphatic rings. The highest BCUT2D eigenvalue weighted by Gasteiger charge is 2.22. The Kier molecular flexibility index (Phi) is 6.85. The molecule has 1 aliphatic carbocycles. The van der Waals surface area contributed by atoms with Gasteiger partial charge in [-0.2, -0.15) is 5.10 Å². The minimum atomic E-state index is -0.369. The molecule has 1 fully saturated rings. The Hall–Kier alpha value is -2.49. The highest BCUT2D eigenvalue weighted by Crippen LogP contribution is 2.32. The summed E-state index contributed by atoms with van der Waals surface area (Å²) in [6, 6.07) is 12.9. The maximum absolute atomic E-state index is 13.0. The lowest BCUT2D eigenvalue weighted by molar-refractivity contribution is 0.350. The number of aromatic hydroxyl groups is 1. The number of phenols is 1. The van der Waals surface area contributed by atoms with Crippen LogP contribution in [-0.4, -0.2) is 15.9 Å². The van der Waals surface area contributed by atoms with Crippen LogP contribution in [0.15, 0.2) is 76.2 Å². The number of phenolic OH excluding ortho intramolecular Hbond substituents is 1. The highest BCUT2D eigenvalue weighted by molar-refractivity contribution is 9.10. The van der Waals surface area contributed by atoms with Crippen molar-refractivity contribution >= 4 is 60.4 Å². The van der Waals surface area contributed by atoms with Gasteiger partial charge >= 0.3 is 5.63 Å². The fourth-order valence-corrected chi connectivity index (χ4v) is 5.99. The van der Waals surface area contributed by atoms with Crippen LogP contribution in [0.1, 0.15) is 43.7 Å². The number of nitrogens with zero attached hydrogens (tertiary/aromatic N) is 3. The Morgan fingerprint density at radius 3 is 2.65 bits per heavy atom. The zero-order valence-corrected chi connectivity index (χ0v) is 22.1. The number of hydrogen-bond acceptors (Lipinski definition) is 6. The van der Waals surface area contributed by atoms with Crippen LogP contribution < -0.4 is 10.4 Å². The second kappa shape index (κ2) is 10.0. The average molecular weight is 603 g/mol. The van der Waals surface area contributed by atoms with E-state index in [2.05, 4.69) is 46.6 Å². The molecular formula is C25H21Br2N3O3S. The fourth-order valence-electron chi connectivity index (χ4n) is 4.32. The summed E-state index contributed by atoms with van der Waals surface area (Å²) in [6.07, 6.45) is 7.08. The maximum atomic E-state index is 13.0. The van der Waals surface area contributed by atoms with Crippen LogP contribution in [0.4, 0.5) is 0 Å². The number of hydrogen-bond donors (Lipinski definition) is 1. The van der Waals surface area contributed by atoms with Crippen LogP contribution in [0.3, 0.4) is 0 Å². The van der Waals surface area contributed by atoms with Gasteiger partial charge in [-0.1, -0.05) is 51.1 Å². The third-order valence-corrected chi connectivity index (χ3v) is 7.80. The minimum Gasteiger partial charge on any atom is -0.507 e. The van der Waals surface area contributed by atoms with Crippen LogP contribution in [-0.2, 0) is 0 Å². The van der Waals surface area contributed by atoms with Crippen LogP contribution in [0, 0.1) is 0 Å². The van der Waals surface area contributed by atoms with Crippen molar-refractivity contribution in [2.45, 2.75) is 38.1 Å². The van der Waals surface area contributed by atoms with Crippen molar-refractivity contribution in [3.63, 3.8) is 0 Å². The third kappa shape index (κ3) is 4.82. The second-order valence-corrected chi connectivity index (χ2v) is 10.9. The van der Waals surface area contributed by atoms with Crippen molar-refractivity contribution in [2.24, 2.45) is 10.2 Å². The SMILES string of the molecule is O=c1oc2ccc(Br)cc2cc1-c1cs/c(=N/N=C\c2cc(Br)ccc2O)n1C1CCCCC1. The van der Waals surface area contributed by atoms with Gasteiger partial charge in [0.25, 0.3) is 0 Å². The van der Waals surface area contributed by atoms with Crippen LogP contribution in [0.5, 0.6) is 5.75 Å². The molecule has 0 unspecified atom stereocenters. The fraction of sp³-hybridized carbons (Fsp3) is 0.240. The summed E-state index contributed by atoms with van der Waals surface area (Å²) < 4.78 is 9.54. The van der Waals surface area contributed by atoms with Crippen molar-refractivity contribution in [1.82, 2.24) is 4.57 Å². The summed E-state index contributed by atoms with van der Waals surface area (Å²) in [7, 11) is 0. The van der Waals surface area contributed by atoms with Gasteiger partial charge in [-0.25, -0.2) is 4.79 Å². The van der Waals surface area contributed by atoms with Gasteiger partial charge in [0.1, 0.15) is 11.3 Å². The molecule has 0 bridgehead atoms. The molecule has 2 heterocycles. The van der Waals surface area contributed by atoms with Crippen molar-refractivity contribution in [2.75, 3.05) is 0 Å². The number of halogens is 2. The van der Waals surface area contributed by atoms with Crippen molar-refractivity contribution in [1.29, 1.82) is 0 Å². The molecule has 0 saturated heterocycles. The Bertz CT molecular complexity index is 1510. The molecule has 6 nitrogen and oxygen atoms in total. The molecule has 0 amide bonds. The Morgan fingerprint density at radius 1 is 1.06 bits per heavy atom. The van der Waals surface area contributed by atoms with Gasteiger partial charge in [-0.05, 0) is 55.3 Å². The minimum absolute atomic E-state index is 0.133. The van der Waals surface area contributed by atoms with Gasteiger partial charge in [0.2, 0.25) is 4.80 Å². The molecule has 4 aromatic rings. The van der Waals surface area contributed by atoms with E-state index in [1.807, 2.05) is 23.6 Å². The zero-order valence-electron chi connectivity index (χ0n) is 18.1. The molecule has 0 atom stereocenters. The first kappa shape index (κ1) is 23.3. The molecular weight excluding hydrogens is 582 g/mol. The van der Waals surface area contributed by atoms with E-state index in [0.29, 0.717) is 21.5 Å². The molecule has 34 heavy (non-hydrogen) atoms. The molecule has 0 aliphatic heterocycles. The summed E-state index contributed by atoms with van der Waals surface area (Å²) in [6.45, 7) is 0. The largest absolute Gasteiger partial charge is 0.507 e. The lowest BCUT2D eigenvalue weighted by atomic mass is 9.95. The first-order valence-electron chi connectivity index (χ1n) is 11.0. The third-order valence-electron chi connectivity index (χ3n) is 5.98. The molecule has 174 valence electrons. The van der Waals surface area contributed by atoms with E-state index in [-0.39, 0.29) is 17.4 Å². The number of aromatic nitrogens is 1. The monoisotopic (exact) mass is 601 g/mol. The van der Waals surface area contributed by atoms with Crippen molar-refractivity contribution in [3.05, 3.63) is 77.6 Å². The van der Waals surface area contributed by atoms with E-state index in [1.54, 1.807) is 24.3 Å². The van der Waals surface area contributed by atoms with Gasteiger partial charge in [0.15, 0.2) is 0 Å².